The molecule has 2 fully saturated rings. The number of hydrogen-bond donors (Lipinski definition) is 1. The van der Waals surface area contributed by atoms with Crippen molar-refractivity contribution in [1.29, 1.82) is 0 Å². The van der Waals surface area contributed by atoms with Crippen molar-refractivity contribution in [2.24, 2.45) is 0 Å². The standard InChI is InChI=1S/C38H48N2O5/c1-38(37(42)43,21-9-23-40-26-28-44-29-27-40)33-17-15-30(16-18-33)35(41)14-8-22-39-24-19-34(20-25-39)45-36(31-10-4-2-5-11-31)32-12-6-3-7-13-32/h2-7,10-13,15-18,34,36H,8-9,14,19-29H2,1H3,(H,42,43). The van der Waals surface area contributed by atoms with Gasteiger partial charge in [-0.2, -0.15) is 0 Å². The summed E-state index contributed by atoms with van der Waals surface area (Å²) in [4.78, 5) is 30.1. The molecule has 45 heavy (non-hydrogen) atoms. The molecule has 1 unspecified atom stereocenters. The normalized spacial score (nSPS) is 18.1. The monoisotopic (exact) mass is 612 g/mol. The molecule has 0 amide bonds. The smallest absolute Gasteiger partial charge is 0.313 e. The number of aliphatic carboxylic acids is 1. The van der Waals surface area contributed by atoms with Crippen LogP contribution in [-0.4, -0.2) is 85.2 Å². The summed E-state index contributed by atoms with van der Waals surface area (Å²) >= 11 is 0. The summed E-state index contributed by atoms with van der Waals surface area (Å²) in [6, 6.07) is 28.1. The number of carboxylic acid groups (broad SMARTS) is 1. The zero-order valence-corrected chi connectivity index (χ0v) is 26.6. The lowest BCUT2D eigenvalue weighted by molar-refractivity contribution is -0.143. The van der Waals surface area contributed by atoms with E-state index in [9.17, 15) is 14.7 Å². The Hall–Kier alpha value is -3.36. The van der Waals surface area contributed by atoms with Crippen LogP contribution in [0.2, 0.25) is 0 Å². The number of hydrogen-bond acceptors (Lipinski definition) is 6. The molecule has 3 aromatic rings. The molecule has 2 aliphatic heterocycles. The van der Waals surface area contributed by atoms with Crippen LogP contribution in [0, 0.1) is 0 Å². The van der Waals surface area contributed by atoms with Gasteiger partial charge >= 0.3 is 5.97 Å². The fourth-order valence-electron chi connectivity index (χ4n) is 6.55. The number of ketones is 1. The molecule has 0 aliphatic carbocycles. The zero-order valence-electron chi connectivity index (χ0n) is 26.6. The van der Waals surface area contributed by atoms with Crippen LogP contribution in [0.4, 0.5) is 0 Å². The molecular formula is C38H48N2O5. The summed E-state index contributed by atoms with van der Waals surface area (Å²) in [7, 11) is 0. The van der Waals surface area contributed by atoms with Crippen LogP contribution in [0.1, 0.15) is 78.6 Å². The minimum absolute atomic E-state index is 0.0728. The van der Waals surface area contributed by atoms with Gasteiger partial charge in [0.2, 0.25) is 0 Å². The van der Waals surface area contributed by atoms with Crippen molar-refractivity contribution in [2.45, 2.75) is 63.1 Å². The maximum atomic E-state index is 13.0. The van der Waals surface area contributed by atoms with Crippen LogP contribution in [0.15, 0.2) is 84.9 Å². The highest BCUT2D eigenvalue weighted by atomic mass is 16.5. The average Bonchev–Trinajstić information content (AvgIpc) is 3.09. The van der Waals surface area contributed by atoms with E-state index in [4.69, 9.17) is 9.47 Å². The van der Waals surface area contributed by atoms with E-state index >= 15 is 0 Å². The molecule has 7 nitrogen and oxygen atoms in total. The number of nitrogens with zero attached hydrogens (tertiary/aromatic N) is 2. The maximum Gasteiger partial charge on any atom is 0.313 e. The number of Topliss-reactive ketones (excluding diaryl/α,β-unsaturated/α-hetero) is 1. The summed E-state index contributed by atoms with van der Waals surface area (Å²) < 4.78 is 12.1. The molecule has 0 saturated carbocycles. The number of piperidine rings is 1. The summed E-state index contributed by atoms with van der Waals surface area (Å²) in [6.45, 7) is 8.75. The SMILES string of the molecule is CC(CCCN1CCOCC1)(C(=O)O)c1ccc(C(=O)CCCN2CCC(OC(c3ccccc3)c3ccccc3)CC2)cc1. The third-order valence-corrected chi connectivity index (χ3v) is 9.52. The second-order valence-corrected chi connectivity index (χ2v) is 12.7. The number of morpholine rings is 1. The first-order chi connectivity index (χ1) is 21.9. The molecule has 0 spiro atoms. The second kappa shape index (κ2) is 16.3. The summed E-state index contributed by atoms with van der Waals surface area (Å²) in [5.41, 5.74) is 2.77. The first-order valence-corrected chi connectivity index (χ1v) is 16.6. The van der Waals surface area contributed by atoms with Crippen molar-refractivity contribution >= 4 is 11.8 Å². The Labute approximate surface area is 268 Å². The van der Waals surface area contributed by atoms with Crippen molar-refractivity contribution in [3.05, 3.63) is 107 Å². The molecule has 2 aliphatic rings. The van der Waals surface area contributed by atoms with E-state index < -0.39 is 11.4 Å². The Balaban J connectivity index is 1.06. The minimum atomic E-state index is -0.980. The molecule has 0 aromatic heterocycles. The van der Waals surface area contributed by atoms with Gasteiger partial charge in [0, 0.05) is 38.2 Å². The van der Waals surface area contributed by atoms with Gasteiger partial charge in [0.05, 0.1) is 24.7 Å². The largest absolute Gasteiger partial charge is 0.481 e. The van der Waals surface area contributed by atoms with Crippen LogP contribution in [0.5, 0.6) is 0 Å². The van der Waals surface area contributed by atoms with Gasteiger partial charge in [-0.05, 0) is 68.8 Å². The number of carbonyl (C=O) groups is 2. The van der Waals surface area contributed by atoms with Crippen molar-refractivity contribution in [3.63, 3.8) is 0 Å². The van der Waals surface area contributed by atoms with Gasteiger partial charge in [-0.15, -0.1) is 0 Å². The van der Waals surface area contributed by atoms with Crippen LogP contribution in [0.25, 0.3) is 0 Å². The third-order valence-electron chi connectivity index (χ3n) is 9.52. The van der Waals surface area contributed by atoms with Crippen molar-refractivity contribution in [3.8, 4) is 0 Å². The van der Waals surface area contributed by atoms with E-state index in [0.717, 1.165) is 83.7 Å². The summed E-state index contributed by atoms with van der Waals surface area (Å²) in [6.07, 6.45) is 4.70. The minimum Gasteiger partial charge on any atom is -0.481 e. The molecule has 2 heterocycles. The van der Waals surface area contributed by atoms with Gasteiger partial charge in [-0.25, -0.2) is 0 Å². The third kappa shape index (κ3) is 9.10. The Morgan fingerprint density at radius 3 is 1.96 bits per heavy atom. The van der Waals surface area contributed by atoms with Gasteiger partial charge in [0.15, 0.2) is 5.78 Å². The van der Waals surface area contributed by atoms with E-state index in [1.165, 1.54) is 11.1 Å². The molecular weight excluding hydrogens is 564 g/mol. The van der Waals surface area contributed by atoms with Gasteiger partial charge in [0.25, 0.3) is 0 Å². The highest BCUT2D eigenvalue weighted by Crippen LogP contribution is 2.31. The van der Waals surface area contributed by atoms with Crippen molar-refractivity contribution in [1.82, 2.24) is 9.80 Å². The Morgan fingerprint density at radius 2 is 1.38 bits per heavy atom. The highest BCUT2D eigenvalue weighted by molar-refractivity contribution is 5.96. The molecule has 1 atom stereocenters. The topological polar surface area (TPSA) is 79.3 Å². The van der Waals surface area contributed by atoms with Gasteiger partial charge in [-0.1, -0.05) is 84.9 Å². The van der Waals surface area contributed by atoms with Crippen LogP contribution < -0.4 is 0 Å². The molecule has 3 aromatic carbocycles. The number of rotatable bonds is 15. The second-order valence-electron chi connectivity index (χ2n) is 12.7. The van der Waals surface area contributed by atoms with E-state index in [-0.39, 0.29) is 18.0 Å². The molecule has 7 heteroatoms. The number of likely N-dealkylation sites (tertiary alicyclic amines) is 1. The van der Waals surface area contributed by atoms with Crippen molar-refractivity contribution < 1.29 is 24.2 Å². The lowest BCUT2D eigenvalue weighted by atomic mass is 9.78. The van der Waals surface area contributed by atoms with E-state index in [2.05, 4.69) is 58.3 Å². The zero-order chi connectivity index (χ0) is 31.5. The number of ether oxygens (including phenoxy) is 2. The first-order valence-electron chi connectivity index (χ1n) is 16.6. The molecule has 240 valence electrons. The fraction of sp³-hybridized carbons (Fsp3) is 0.474. The number of benzene rings is 3. The summed E-state index contributed by atoms with van der Waals surface area (Å²) in [5.74, 6) is -0.717. The van der Waals surface area contributed by atoms with Crippen molar-refractivity contribution in [2.75, 3.05) is 52.5 Å². The Morgan fingerprint density at radius 1 is 0.822 bits per heavy atom. The maximum absolute atomic E-state index is 13.0. The Bertz CT molecular complexity index is 1300. The lowest BCUT2D eigenvalue weighted by Gasteiger charge is -2.34. The first kappa shape index (κ1) is 33.0. The molecule has 1 N–H and O–H groups in total. The van der Waals surface area contributed by atoms with E-state index in [0.29, 0.717) is 18.4 Å². The van der Waals surface area contributed by atoms with E-state index in [1.807, 2.05) is 24.3 Å². The van der Waals surface area contributed by atoms with Crippen LogP contribution in [0.3, 0.4) is 0 Å². The Kier molecular flexibility index (Phi) is 11.9. The lowest BCUT2D eigenvalue weighted by Crippen LogP contribution is -2.38. The molecule has 0 radical (unpaired) electrons. The fourth-order valence-corrected chi connectivity index (χ4v) is 6.55. The molecule has 5 rings (SSSR count). The van der Waals surface area contributed by atoms with Crippen LogP contribution >= 0.6 is 0 Å². The van der Waals surface area contributed by atoms with Gasteiger partial charge in [-0.3, -0.25) is 14.5 Å². The average molecular weight is 613 g/mol. The molecule has 0 bridgehead atoms. The van der Waals surface area contributed by atoms with Gasteiger partial charge in [0.1, 0.15) is 6.10 Å². The predicted octanol–water partition coefficient (Wildman–Crippen LogP) is 6.37. The predicted molar refractivity (Wildman–Crippen MR) is 177 cm³/mol. The number of carboxylic acids is 1. The van der Waals surface area contributed by atoms with Crippen LogP contribution in [-0.2, 0) is 19.7 Å². The highest BCUT2D eigenvalue weighted by Gasteiger charge is 2.35. The molecule has 2 saturated heterocycles. The summed E-state index contributed by atoms with van der Waals surface area (Å²) in [5, 5.41) is 10.1. The van der Waals surface area contributed by atoms with E-state index in [1.54, 1.807) is 19.1 Å². The number of carbonyl (C=O) groups excluding carboxylic acids is 1. The quantitative estimate of drug-likeness (QED) is 0.200. The van der Waals surface area contributed by atoms with Gasteiger partial charge < -0.3 is 19.5 Å².